The second-order valence-corrected chi connectivity index (χ2v) is 2.87. The number of anilines is 1. The number of hydrogen-bond donors (Lipinski definition) is 0. The van der Waals surface area contributed by atoms with Crippen LogP contribution >= 0.6 is 0 Å². The summed E-state index contributed by atoms with van der Waals surface area (Å²) in [5, 5.41) is 0. The summed E-state index contributed by atoms with van der Waals surface area (Å²) in [5.41, 5.74) is 0.105. The van der Waals surface area contributed by atoms with Gasteiger partial charge in [0.2, 0.25) is 0 Å². The van der Waals surface area contributed by atoms with Crippen molar-refractivity contribution in [1.82, 2.24) is 0 Å². The SMILES string of the molecule is CCN(CC)c1ccc(F)c(F)c1F. The molecule has 0 saturated carbocycles. The van der Waals surface area contributed by atoms with E-state index in [1.54, 1.807) is 4.90 Å². The van der Waals surface area contributed by atoms with Gasteiger partial charge in [-0.1, -0.05) is 0 Å². The fraction of sp³-hybridized carbons (Fsp3) is 0.400. The van der Waals surface area contributed by atoms with Crippen molar-refractivity contribution < 1.29 is 13.2 Å². The lowest BCUT2D eigenvalue weighted by molar-refractivity contribution is 0.446. The van der Waals surface area contributed by atoms with E-state index < -0.39 is 17.5 Å². The van der Waals surface area contributed by atoms with Gasteiger partial charge < -0.3 is 4.90 Å². The van der Waals surface area contributed by atoms with Crippen LogP contribution in [0.5, 0.6) is 0 Å². The fourth-order valence-electron chi connectivity index (χ4n) is 1.32. The molecule has 78 valence electrons. The average molecular weight is 203 g/mol. The molecule has 0 aliphatic carbocycles. The van der Waals surface area contributed by atoms with Gasteiger partial charge in [-0.25, -0.2) is 13.2 Å². The number of halogens is 3. The summed E-state index contributed by atoms with van der Waals surface area (Å²) in [6.45, 7) is 4.76. The van der Waals surface area contributed by atoms with Crippen molar-refractivity contribution >= 4 is 5.69 Å². The Morgan fingerprint density at radius 2 is 1.57 bits per heavy atom. The maximum absolute atomic E-state index is 13.2. The van der Waals surface area contributed by atoms with Gasteiger partial charge in [-0.05, 0) is 26.0 Å². The standard InChI is InChI=1S/C10H12F3N/c1-3-14(4-2)8-6-5-7(11)9(12)10(8)13/h5-6H,3-4H2,1-2H3. The lowest BCUT2D eigenvalue weighted by Gasteiger charge is -2.21. The van der Waals surface area contributed by atoms with E-state index in [4.69, 9.17) is 0 Å². The Kier molecular flexibility index (Phi) is 3.38. The molecule has 1 nitrogen and oxygen atoms in total. The molecule has 0 radical (unpaired) electrons. The van der Waals surface area contributed by atoms with Crippen LogP contribution in [0.1, 0.15) is 13.8 Å². The molecule has 1 rings (SSSR count). The van der Waals surface area contributed by atoms with Gasteiger partial charge in [0.15, 0.2) is 17.5 Å². The zero-order valence-electron chi connectivity index (χ0n) is 8.15. The Morgan fingerprint density at radius 3 is 2.07 bits per heavy atom. The summed E-state index contributed by atoms with van der Waals surface area (Å²) >= 11 is 0. The summed E-state index contributed by atoms with van der Waals surface area (Å²) < 4.78 is 38.7. The summed E-state index contributed by atoms with van der Waals surface area (Å²) in [5.74, 6) is -3.68. The monoisotopic (exact) mass is 203 g/mol. The molecule has 0 fully saturated rings. The maximum Gasteiger partial charge on any atom is 0.196 e. The van der Waals surface area contributed by atoms with Crippen LogP contribution in [-0.2, 0) is 0 Å². The Balaban J connectivity index is 3.16. The topological polar surface area (TPSA) is 3.24 Å². The van der Waals surface area contributed by atoms with Gasteiger partial charge in [0.25, 0.3) is 0 Å². The highest BCUT2D eigenvalue weighted by Crippen LogP contribution is 2.23. The van der Waals surface area contributed by atoms with Crippen molar-refractivity contribution in [3.63, 3.8) is 0 Å². The first-order chi connectivity index (χ1) is 6.61. The van der Waals surface area contributed by atoms with Crippen LogP contribution < -0.4 is 4.90 Å². The first-order valence-electron chi connectivity index (χ1n) is 4.50. The van der Waals surface area contributed by atoms with Crippen LogP contribution in [0.2, 0.25) is 0 Å². The predicted octanol–water partition coefficient (Wildman–Crippen LogP) is 2.95. The smallest absolute Gasteiger partial charge is 0.196 e. The molecule has 1 aromatic rings. The van der Waals surface area contributed by atoms with E-state index in [0.717, 1.165) is 6.07 Å². The second-order valence-electron chi connectivity index (χ2n) is 2.87. The fourth-order valence-corrected chi connectivity index (χ4v) is 1.32. The Bertz CT molecular complexity index is 321. The van der Waals surface area contributed by atoms with E-state index >= 15 is 0 Å². The van der Waals surface area contributed by atoms with E-state index in [2.05, 4.69) is 0 Å². The van der Waals surface area contributed by atoms with Gasteiger partial charge in [0.1, 0.15) is 0 Å². The van der Waals surface area contributed by atoms with Crippen molar-refractivity contribution in [2.45, 2.75) is 13.8 Å². The third-order valence-corrected chi connectivity index (χ3v) is 2.12. The minimum absolute atomic E-state index is 0.105. The molecule has 0 heterocycles. The van der Waals surface area contributed by atoms with Gasteiger partial charge in [0, 0.05) is 13.1 Å². The minimum Gasteiger partial charge on any atom is -0.370 e. The molecule has 0 aliphatic rings. The molecular formula is C10H12F3N. The van der Waals surface area contributed by atoms with E-state index in [0.29, 0.717) is 13.1 Å². The van der Waals surface area contributed by atoms with Crippen LogP contribution in [0.15, 0.2) is 12.1 Å². The van der Waals surface area contributed by atoms with Crippen LogP contribution in [0.25, 0.3) is 0 Å². The van der Waals surface area contributed by atoms with Gasteiger partial charge in [0.05, 0.1) is 5.69 Å². The highest BCUT2D eigenvalue weighted by atomic mass is 19.2. The van der Waals surface area contributed by atoms with Crippen LogP contribution in [0.3, 0.4) is 0 Å². The summed E-state index contributed by atoms with van der Waals surface area (Å²) in [6.07, 6.45) is 0. The van der Waals surface area contributed by atoms with Gasteiger partial charge in [-0.2, -0.15) is 0 Å². The lowest BCUT2D eigenvalue weighted by Crippen LogP contribution is -2.23. The van der Waals surface area contributed by atoms with Crippen molar-refractivity contribution in [2.24, 2.45) is 0 Å². The summed E-state index contributed by atoms with van der Waals surface area (Å²) in [4.78, 5) is 1.62. The normalized spacial score (nSPS) is 10.4. The highest BCUT2D eigenvalue weighted by Gasteiger charge is 2.16. The summed E-state index contributed by atoms with van der Waals surface area (Å²) in [6, 6.07) is 2.19. The minimum atomic E-state index is -1.41. The average Bonchev–Trinajstić information content (AvgIpc) is 2.19. The molecule has 0 aromatic heterocycles. The van der Waals surface area contributed by atoms with Crippen molar-refractivity contribution in [3.05, 3.63) is 29.6 Å². The number of nitrogens with zero attached hydrogens (tertiary/aromatic N) is 1. The van der Waals surface area contributed by atoms with E-state index in [9.17, 15) is 13.2 Å². The molecule has 0 atom stereocenters. The number of benzene rings is 1. The molecule has 14 heavy (non-hydrogen) atoms. The van der Waals surface area contributed by atoms with E-state index in [1.807, 2.05) is 13.8 Å². The number of rotatable bonds is 3. The molecule has 1 aromatic carbocycles. The van der Waals surface area contributed by atoms with Crippen LogP contribution in [0.4, 0.5) is 18.9 Å². The van der Waals surface area contributed by atoms with Gasteiger partial charge >= 0.3 is 0 Å². The largest absolute Gasteiger partial charge is 0.370 e. The van der Waals surface area contributed by atoms with Gasteiger partial charge in [-0.3, -0.25) is 0 Å². The van der Waals surface area contributed by atoms with Crippen molar-refractivity contribution in [1.29, 1.82) is 0 Å². The Labute approximate surface area is 81.1 Å². The third-order valence-electron chi connectivity index (χ3n) is 2.12. The lowest BCUT2D eigenvalue weighted by atomic mass is 10.2. The zero-order valence-corrected chi connectivity index (χ0v) is 8.15. The van der Waals surface area contributed by atoms with E-state index in [1.165, 1.54) is 6.07 Å². The molecule has 0 saturated heterocycles. The molecule has 0 bridgehead atoms. The molecule has 4 heteroatoms. The van der Waals surface area contributed by atoms with Crippen molar-refractivity contribution in [3.8, 4) is 0 Å². The van der Waals surface area contributed by atoms with Crippen LogP contribution in [0, 0.1) is 17.5 Å². The van der Waals surface area contributed by atoms with E-state index in [-0.39, 0.29) is 5.69 Å². The zero-order chi connectivity index (χ0) is 10.7. The molecule has 0 amide bonds. The second kappa shape index (κ2) is 4.35. The quantitative estimate of drug-likeness (QED) is 0.683. The molecular weight excluding hydrogens is 191 g/mol. The first kappa shape index (κ1) is 10.9. The highest BCUT2D eigenvalue weighted by molar-refractivity contribution is 5.48. The molecule has 0 spiro atoms. The third kappa shape index (κ3) is 1.84. The Hall–Kier alpha value is -1.19. The molecule has 0 N–H and O–H groups in total. The van der Waals surface area contributed by atoms with Gasteiger partial charge in [-0.15, -0.1) is 0 Å². The van der Waals surface area contributed by atoms with Crippen molar-refractivity contribution in [2.75, 3.05) is 18.0 Å². The first-order valence-corrected chi connectivity index (χ1v) is 4.50. The number of hydrogen-bond acceptors (Lipinski definition) is 1. The molecule has 0 unspecified atom stereocenters. The summed E-state index contributed by atoms with van der Waals surface area (Å²) in [7, 11) is 0. The predicted molar refractivity (Wildman–Crippen MR) is 49.9 cm³/mol. The maximum atomic E-state index is 13.2. The Morgan fingerprint density at radius 1 is 1.00 bits per heavy atom. The van der Waals surface area contributed by atoms with Crippen LogP contribution in [-0.4, -0.2) is 13.1 Å². The molecule has 0 aliphatic heterocycles.